The van der Waals surface area contributed by atoms with Crippen molar-refractivity contribution in [3.05, 3.63) is 32.7 Å². The van der Waals surface area contributed by atoms with Crippen LogP contribution in [-0.2, 0) is 6.42 Å². The quantitative estimate of drug-likeness (QED) is 0.726. The second-order valence-electron chi connectivity index (χ2n) is 1.98. The average molecular weight is 263 g/mol. The molecule has 53 valence electrons. The highest BCUT2D eigenvalue weighted by atomic mass is 79.9. The number of rotatable bonds is 1. The van der Waals surface area contributed by atoms with Crippen LogP contribution < -0.4 is 0 Å². The normalized spacial score (nSPS) is 9.90. The van der Waals surface area contributed by atoms with Gasteiger partial charge in [-0.05, 0) is 30.2 Å². The Morgan fingerprint density at radius 3 is 2.10 bits per heavy atom. The summed E-state index contributed by atoms with van der Waals surface area (Å²) in [5, 5.41) is 0. The van der Waals surface area contributed by atoms with Crippen LogP contribution in [0, 0.1) is 6.07 Å². The molecule has 1 aromatic carbocycles. The van der Waals surface area contributed by atoms with Gasteiger partial charge in [0.2, 0.25) is 0 Å². The van der Waals surface area contributed by atoms with Crippen molar-refractivity contribution < 1.29 is 0 Å². The smallest absolute Gasteiger partial charge is 0.0224 e. The van der Waals surface area contributed by atoms with Gasteiger partial charge in [-0.25, -0.2) is 0 Å². The van der Waals surface area contributed by atoms with Crippen molar-refractivity contribution in [2.24, 2.45) is 0 Å². The summed E-state index contributed by atoms with van der Waals surface area (Å²) >= 11 is 6.89. The van der Waals surface area contributed by atoms with Crippen LogP contribution >= 0.6 is 31.9 Å². The van der Waals surface area contributed by atoms with E-state index in [0.29, 0.717) is 0 Å². The van der Waals surface area contributed by atoms with E-state index in [2.05, 4.69) is 44.8 Å². The molecular weight excluding hydrogens is 256 g/mol. The molecule has 0 fully saturated rings. The predicted molar refractivity (Wildman–Crippen MR) is 50.1 cm³/mol. The molecule has 0 aromatic heterocycles. The Kier molecular flexibility index (Phi) is 2.93. The average Bonchev–Trinajstić information content (AvgIpc) is 1.88. The number of benzene rings is 1. The fourth-order valence-corrected chi connectivity index (χ4v) is 2.33. The van der Waals surface area contributed by atoms with Gasteiger partial charge in [0.25, 0.3) is 0 Å². The van der Waals surface area contributed by atoms with E-state index in [4.69, 9.17) is 0 Å². The van der Waals surface area contributed by atoms with E-state index in [9.17, 15) is 0 Å². The predicted octanol–water partition coefficient (Wildman–Crippen LogP) is 3.57. The summed E-state index contributed by atoms with van der Waals surface area (Å²) in [7, 11) is 0. The third-order valence-electron chi connectivity index (χ3n) is 1.35. The van der Waals surface area contributed by atoms with Gasteiger partial charge >= 0.3 is 0 Å². The summed E-state index contributed by atoms with van der Waals surface area (Å²) in [6.45, 7) is 2.13. The van der Waals surface area contributed by atoms with Gasteiger partial charge in [0.15, 0.2) is 0 Å². The lowest BCUT2D eigenvalue weighted by Gasteiger charge is -2.01. The van der Waals surface area contributed by atoms with Crippen LogP contribution in [0.3, 0.4) is 0 Å². The molecule has 0 bridgehead atoms. The third kappa shape index (κ3) is 1.61. The Morgan fingerprint density at radius 2 is 1.80 bits per heavy atom. The molecular formula is C8H7Br2. The molecule has 0 aliphatic rings. The van der Waals surface area contributed by atoms with Crippen molar-refractivity contribution in [2.45, 2.75) is 13.3 Å². The van der Waals surface area contributed by atoms with Gasteiger partial charge < -0.3 is 0 Å². The van der Waals surface area contributed by atoms with E-state index >= 15 is 0 Å². The summed E-state index contributed by atoms with van der Waals surface area (Å²) in [6, 6.07) is 6.88. The van der Waals surface area contributed by atoms with Crippen molar-refractivity contribution in [3.63, 3.8) is 0 Å². The van der Waals surface area contributed by atoms with E-state index in [1.165, 1.54) is 5.56 Å². The lowest BCUT2D eigenvalue weighted by Crippen LogP contribution is -1.83. The lowest BCUT2D eigenvalue weighted by atomic mass is 10.2. The molecule has 0 N–H and O–H groups in total. The van der Waals surface area contributed by atoms with Crippen LogP contribution in [0.15, 0.2) is 21.1 Å². The zero-order valence-corrected chi connectivity index (χ0v) is 8.79. The first-order valence-corrected chi connectivity index (χ1v) is 4.68. The SMILES string of the molecule is CCc1c(Br)c[c]cc1Br. The Labute approximate surface area is 77.9 Å². The minimum atomic E-state index is 1.04. The van der Waals surface area contributed by atoms with Crippen molar-refractivity contribution in [1.82, 2.24) is 0 Å². The fourth-order valence-electron chi connectivity index (χ4n) is 0.814. The van der Waals surface area contributed by atoms with Crippen LogP contribution in [0.5, 0.6) is 0 Å². The molecule has 0 aliphatic heterocycles. The Hall–Kier alpha value is 0.180. The van der Waals surface area contributed by atoms with Crippen LogP contribution in [0.4, 0.5) is 0 Å². The first-order valence-electron chi connectivity index (χ1n) is 3.09. The molecule has 10 heavy (non-hydrogen) atoms. The Bertz CT molecular complexity index is 210. The van der Waals surface area contributed by atoms with Crippen molar-refractivity contribution >= 4 is 31.9 Å². The molecule has 0 heterocycles. The highest BCUT2D eigenvalue weighted by molar-refractivity contribution is 9.11. The number of hydrogen-bond acceptors (Lipinski definition) is 0. The number of halogens is 2. The maximum absolute atomic E-state index is 3.45. The maximum atomic E-state index is 3.45. The largest absolute Gasteiger partial charge is 0.0612 e. The number of hydrogen-bond donors (Lipinski definition) is 0. The van der Waals surface area contributed by atoms with Gasteiger partial charge in [-0.3, -0.25) is 0 Å². The van der Waals surface area contributed by atoms with Crippen LogP contribution in [0.2, 0.25) is 0 Å². The summed E-state index contributed by atoms with van der Waals surface area (Å²) < 4.78 is 2.26. The molecule has 0 saturated carbocycles. The molecule has 0 unspecified atom stereocenters. The molecule has 0 amide bonds. The molecule has 1 rings (SSSR count). The second-order valence-corrected chi connectivity index (χ2v) is 3.69. The zero-order valence-electron chi connectivity index (χ0n) is 5.62. The standard InChI is InChI=1S/C8H7Br2/c1-2-6-7(9)4-3-5-8(6)10/h4-5H,2H2,1H3. The Morgan fingerprint density at radius 1 is 1.30 bits per heavy atom. The Balaban J connectivity index is 3.17. The van der Waals surface area contributed by atoms with Gasteiger partial charge in [0.1, 0.15) is 0 Å². The van der Waals surface area contributed by atoms with Crippen LogP contribution in [0.1, 0.15) is 12.5 Å². The first kappa shape index (κ1) is 8.28. The van der Waals surface area contributed by atoms with E-state index in [1.807, 2.05) is 12.1 Å². The zero-order chi connectivity index (χ0) is 7.56. The van der Waals surface area contributed by atoms with Crippen molar-refractivity contribution in [3.8, 4) is 0 Å². The van der Waals surface area contributed by atoms with E-state index in [-0.39, 0.29) is 0 Å². The van der Waals surface area contributed by atoms with E-state index in [1.54, 1.807) is 0 Å². The van der Waals surface area contributed by atoms with E-state index < -0.39 is 0 Å². The van der Waals surface area contributed by atoms with Gasteiger partial charge in [0, 0.05) is 8.95 Å². The molecule has 0 atom stereocenters. The second kappa shape index (κ2) is 3.54. The van der Waals surface area contributed by atoms with Gasteiger partial charge in [-0.1, -0.05) is 38.8 Å². The molecule has 2 heteroatoms. The molecule has 1 aromatic rings. The van der Waals surface area contributed by atoms with Gasteiger partial charge in [0.05, 0.1) is 0 Å². The fraction of sp³-hybridized carbons (Fsp3) is 0.250. The lowest BCUT2D eigenvalue weighted by molar-refractivity contribution is 1.11. The van der Waals surface area contributed by atoms with Crippen LogP contribution in [0.25, 0.3) is 0 Å². The summed E-state index contributed by atoms with van der Waals surface area (Å²) in [6.07, 6.45) is 1.04. The van der Waals surface area contributed by atoms with Gasteiger partial charge in [-0.2, -0.15) is 0 Å². The minimum absolute atomic E-state index is 1.04. The van der Waals surface area contributed by atoms with Gasteiger partial charge in [-0.15, -0.1) is 0 Å². The highest BCUT2D eigenvalue weighted by Gasteiger charge is 1.99. The monoisotopic (exact) mass is 261 g/mol. The minimum Gasteiger partial charge on any atom is -0.0612 e. The molecule has 0 nitrogen and oxygen atoms in total. The summed E-state index contributed by atoms with van der Waals surface area (Å²) in [5.74, 6) is 0. The van der Waals surface area contributed by atoms with Crippen molar-refractivity contribution in [1.29, 1.82) is 0 Å². The summed E-state index contributed by atoms with van der Waals surface area (Å²) in [4.78, 5) is 0. The van der Waals surface area contributed by atoms with Crippen LogP contribution in [-0.4, -0.2) is 0 Å². The molecule has 1 radical (unpaired) electrons. The third-order valence-corrected chi connectivity index (χ3v) is 2.77. The molecule has 0 aliphatic carbocycles. The molecule has 0 spiro atoms. The maximum Gasteiger partial charge on any atom is 0.0224 e. The van der Waals surface area contributed by atoms with E-state index in [0.717, 1.165) is 15.4 Å². The highest BCUT2D eigenvalue weighted by Crippen LogP contribution is 2.24. The molecule has 0 saturated heterocycles. The summed E-state index contributed by atoms with van der Waals surface area (Å²) in [5.41, 5.74) is 1.30. The van der Waals surface area contributed by atoms with Crippen molar-refractivity contribution in [2.75, 3.05) is 0 Å². The topological polar surface area (TPSA) is 0 Å². The first-order chi connectivity index (χ1) is 4.75.